The number of aliphatic hydroxyl groups excluding tert-OH is 1. The second kappa shape index (κ2) is 6.77. The maximum absolute atomic E-state index is 14.1. The third-order valence-electron chi connectivity index (χ3n) is 3.07. The van der Waals surface area contributed by atoms with Gasteiger partial charge in [0, 0.05) is 15.6 Å². The minimum absolute atomic E-state index is 0.178. The molecule has 0 aliphatic carbocycles. The number of aliphatic hydroxyl groups is 1. The van der Waals surface area contributed by atoms with Crippen LogP contribution in [0.15, 0.2) is 39.3 Å². The molecule has 0 saturated heterocycles. The highest BCUT2D eigenvalue weighted by molar-refractivity contribution is 9.10. The minimum atomic E-state index is -1.13. The minimum Gasteiger partial charge on any atom is -0.493 e. The molecule has 1 N–H and O–H groups in total. The van der Waals surface area contributed by atoms with Crippen molar-refractivity contribution in [2.24, 2.45) is 0 Å². The van der Waals surface area contributed by atoms with Crippen molar-refractivity contribution < 1.29 is 19.0 Å². The Labute approximate surface area is 139 Å². The molecule has 2 aromatic carbocycles. The van der Waals surface area contributed by atoms with Gasteiger partial charge in [0.1, 0.15) is 11.9 Å². The normalized spacial score (nSPS) is 12.1. The second-order valence-corrected chi connectivity index (χ2v) is 5.98. The first-order chi connectivity index (χ1) is 9.99. The van der Waals surface area contributed by atoms with Crippen LogP contribution in [0.1, 0.15) is 17.2 Å². The fraction of sp³-hybridized carbons (Fsp3) is 0.200. The van der Waals surface area contributed by atoms with Gasteiger partial charge in [-0.1, -0.05) is 28.1 Å². The van der Waals surface area contributed by atoms with Gasteiger partial charge in [0.25, 0.3) is 0 Å². The van der Waals surface area contributed by atoms with Gasteiger partial charge in [-0.2, -0.15) is 0 Å². The van der Waals surface area contributed by atoms with E-state index in [1.165, 1.54) is 20.3 Å². The highest BCUT2D eigenvalue weighted by atomic mass is 79.9. The molecule has 0 aliphatic heterocycles. The molecule has 0 aromatic heterocycles. The fourth-order valence-electron chi connectivity index (χ4n) is 1.98. The Bertz CT molecular complexity index is 662. The van der Waals surface area contributed by atoms with Crippen molar-refractivity contribution in [3.05, 3.63) is 56.2 Å². The van der Waals surface area contributed by atoms with E-state index in [2.05, 4.69) is 31.9 Å². The van der Waals surface area contributed by atoms with Crippen LogP contribution in [0.2, 0.25) is 0 Å². The van der Waals surface area contributed by atoms with Crippen LogP contribution < -0.4 is 9.47 Å². The van der Waals surface area contributed by atoms with E-state index in [4.69, 9.17) is 9.47 Å². The molecule has 0 aliphatic rings. The fourth-order valence-corrected chi connectivity index (χ4v) is 2.90. The van der Waals surface area contributed by atoms with Crippen molar-refractivity contribution in [1.29, 1.82) is 0 Å². The van der Waals surface area contributed by atoms with Crippen molar-refractivity contribution in [3.8, 4) is 11.5 Å². The first-order valence-corrected chi connectivity index (χ1v) is 7.61. The van der Waals surface area contributed by atoms with Crippen LogP contribution in [-0.2, 0) is 0 Å². The molecule has 0 saturated carbocycles. The largest absolute Gasteiger partial charge is 0.493 e. The van der Waals surface area contributed by atoms with E-state index in [0.717, 1.165) is 0 Å². The molecule has 0 amide bonds. The summed E-state index contributed by atoms with van der Waals surface area (Å²) < 4.78 is 25.4. The molecule has 0 bridgehead atoms. The summed E-state index contributed by atoms with van der Waals surface area (Å²) in [7, 11) is 3.02. The maximum atomic E-state index is 14.1. The molecular weight excluding hydrogens is 407 g/mol. The molecule has 0 radical (unpaired) electrons. The van der Waals surface area contributed by atoms with Gasteiger partial charge in [-0.15, -0.1) is 0 Å². The molecule has 0 fully saturated rings. The lowest BCUT2D eigenvalue weighted by Crippen LogP contribution is -2.05. The summed E-state index contributed by atoms with van der Waals surface area (Å²) in [6.07, 6.45) is -1.13. The summed E-state index contributed by atoms with van der Waals surface area (Å²) in [6.45, 7) is 0. The number of benzene rings is 2. The van der Waals surface area contributed by atoms with Gasteiger partial charge < -0.3 is 14.6 Å². The van der Waals surface area contributed by atoms with Gasteiger partial charge in [0.2, 0.25) is 0 Å². The Balaban J connectivity index is 2.53. The number of halogens is 3. The van der Waals surface area contributed by atoms with Crippen molar-refractivity contribution in [2.75, 3.05) is 14.2 Å². The summed E-state index contributed by atoms with van der Waals surface area (Å²) in [5, 5.41) is 10.5. The number of methoxy groups -OCH3 is 2. The zero-order valence-electron chi connectivity index (χ0n) is 11.4. The second-order valence-electron chi connectivity index (χ2n) is 4.27. The van der Waals surface area contributed by atoms with E-state index in [1.807, 2.05) is 0 Å². The Kier molecular flexibility index (Phi) is 5.24. The summed E-state index contributed by atoms with van der Waals surface area (Å²) in [5.74, 6) is 0.492. The molecule has 0 spiro atoms. The van der Waals surface area contributed by atoms with Crippen molar-refractivity contribution in [1.82, 2.24) is 0 Å². The molecule has 1 atom stereocenters. The van der Waals surface area contributed by atoms with E-state index in [1.54, 1.807) is 24.3 Å². The van der Waals surface area contributed by atoms with Crippen LogP contribution in [0.25, 0.3) is 0 Å². The Hall–Kier alpha value is -1.11. The molecule has 2 rings (SSSR count). The SMILES string of the molecule is COc1cc(Br)c(C(O)c2cccc(Br)c2F)cc1OC. The lowest BCUT2D eigenvalue weighted by Gasteiger charge is -2.17. The van der Waals surface area contributed by atoms with E-state index < -0.39 is 11.9 Å². The smallest absolute Gasteiger partial charge is 0.161 e. The third kappa shape index (κ3) is 3.22. The van der Waals surface area contributed by atoms with Gasteiger partial charge in [-0.05, 0) is 34.1 Å². The molecular formula is C15H13Br2FO3. The van der Waals surface area contributed by atoms with Gasteiger partial charge >= 0.3 is 0 Å². The highest BCUT2D eigenvalue weighted by Gasteiger charge is 2.21. The summed E-state index contributed by atoms with van der Waals surface area (Å²) >= 11 is 6.48. The zero-order chi connectivity index (χ0) is 15.6. The predicted octanol–water partition coefficient (Wildman–Crippen LogP) is 4.45. The Morgan fingerprint density at radius 2 is 1.62 bits per heavy atom. The quantitative estimate of drug-likeness (QED) is 0.795. The molecule has 21 heavy (non-hydrogen) atoms. The van der Waals surface area contributed by atoms with Crippen LogP contribution in [0.3, 0.4) is 0 Å². The van der Waals surface area contributed by atoms with Crippen LogP contribution >= 0.6 is 31.9 Å². The van der Waals surface area contributed by atoms with E-state index >= 15 is 0 Å². The van der Waals surface area contributed by atoms with Crippen molar-refractivity contribution >= 4 is 31.9 Å². The molecule has 2 aromatic rings. The van der Waals surface area contributed by atoms with Crippen molar-refractivity contribution in [3.63, 3.8) is 0 Å². The van der Waals surface area contributed by atoms with Crippen molar-refractivity contribution in [2.45, 2.75) is 6.10 Å². The lowest BCUT2D eigenvalue weighted by atomic mass is 10.0. The summed E-state index contributed by atoms with van der Waals surface area (Å²) in [6, 6.07) is 8.07. The van der Waals surface area contributed by atoms with Gasteiger partial charge in [-0.25, -0.2) is 4.39 Å². The standard InChI is InChI=1S/C15H13Br2FO3/c1-20-12-6-9(11(17)7-13(12)21-2)15(19)8-4-3-5-10(16)14(8)18/h3-7,15,19H,1-2H3. The van der Waals surface area contributed by atoms with Crippen LogP contribution in [0.5, 0.6) is 11.5 Å². The van der Waals surface area contributed by atoms with Gasteiger partial charge in [-0.3, -0.25) is 0 Å². The number of hydrogen-bond acceptors (Lipinski definition) is 3. The topological polar surface area (TPSA) is 38.7 Å². The number of hydrogen-bond donors (Lipinski definition) is 1. The predicted molar refractivity (Wildman–Crippen MR) is 85.4 cm³/mol. The molecule has 3 nitrogen and oxygen atoms in total. The van der Waals surface area contributed by atoms with Crippen LogP contribution in [0, 0.1) is 5.82 Å². The molecule has 1 unspecified atom stereocenters. The Morgan fingerprint density at radius 1 is 1.00 bits per heavy atom. The average molecular weight is 420 g/mol. The number of ether oxygens (including phenoxy) is 2. The van der Waals surface area contributed by atoms with Gasteiger partial charge in [0.05, 0.1) is 18.7 Å². The third-order valence-corrected chi connectivity index (χ3v) is 4.37. The van der Waals surface area contributed by atoms with Gasteiger partial charge in [0.15, 0.2) is 11.5 Å². The monoisotopic (exact) mass is 418 g/mol. The van der Waals surface area contributed by atoms with E-state index in [-0.39, 0.29) is 5.56 Å². The first-order valence-electron chi connectivity index (χ1n) is 6.03. The number of rotatable bonds is 4. The maximum Gasteiger partial charge on any atom is 0.161 e. The van der Waals surface area contributed by atoms with Crippen LogP contribution in [0.4, 0.5) is 4.39 Å². The van der Waals surface area contributed by atoms with Crippen LogP contribution in [-0.4, -0.2) is 19.3 Å². The lowest BCUT2D eigenvalue weighted by molar-refractivity contribution is 0.213. The molecule has 0 heterocycles. The first kappa shape index (κ1) is 16.3. The average Bonchev–Trinajstić information content (AvgIpc) is 2.49. The molecule has 112 valence electrons. The Morgan fingerprint density at radius 3 is 2.24 bits per heavy atom. The summed E-state index contributed by atoms with van der Waals surface area (Å²) in [5.41, 5.74) is 0.668. The highest BCUT2D eigenvalue weighted by Crippen LogP contribution is 2.39. The van der Waals surface area contributed by atoms with E-state index in [9.17, 15) is 9.50 Å². The summed E-state index contributed by atoms with van der Waals surface area (Å²) in [4.78, 5) is 0. The van der Waals surface area contributed by atoms with E-state index in [0.29, 0.717) is 26.0 Å². The zero-order valence-corrected chi connectivity index (χ0v) is 14.5. The molecule has 6 heteroatoms.